The number of carbonyl (C=O) groups excluding carboxylic acids is 1. The highest BCUT2D eigenvalue weighted by Gasteiger charge is 2.63. The summed E-state index contributed by atoms with van der Waals surface area (Å²) in [5.74, 6) is -5.97. The quantitative estimate of drug-likeness (QED) is 0.423. The van der Waals surface area contributed by atoms with Gasteiger partial charge in [-0.2, -0.15) is 39.5 Å². The number of nitrogens with zero attached hydrogens (tertiary/aromatic N) is 3. The van der Waals surface area contributed by atoms with Crippen LogP contribution in [0.15, 0.2) is 35.6 Å². The number of oxime groups is 1. The van der Waals surface area contributed by atoms with E-state index in [-0.39, 0.29) is 23.4 Å². The molecule has 17 heteroatoms. The van der Waals surface area contributed by atoms with Crippen LogP contribution in [0, 0.1) is 11.6 Å². The van der Waals surface area contributed by atoms with Gasteiger partial charge in [0.1, 0.15) is 6.42 Å². The van der Waals surface area contributed by atoms with Gasteiger partial charge in [-0.25, -0.2) is 13.2 Å². The van der Waals surface area contributed by atoms with Crippen LogP contribution in [-0.2, 0) is 27.1 Å². The minimum Gasteiger partial charge on any atom is -0.374 e. The lowest BCUT2D eigenvalue weighted by Crippen LogP contribution is -2.59. The summed E-state index contributed by atoms with van der Waals surface area (Å²) in [6.45, 7) is -1.51. The summed E-state index contributed by atoms with van der Waals surface area (Å²) < 4.78 is 161. The average Bonchev–Trinajstić information content (AvgIpc) is 3.24. The molecule has 1 fully saturated rings. The van der Waals surface area contributed by atoms with E-state index in [0.717, 1.165) is 18.3 Å². The summed E-state index contributed by atoms with van der Waals surface area (Å²) in [6.07, 6.45) is -18.1. The van der Waals surface area contributed by atoms with Crippen LogP contribution >= 0.6 is 0 Å². The smallest absolute Gasteiger partial charge is 0.374 e. The Kier molecular flexibility index (Phi) is 6.58. The van der Waals surface area contributed by atoms with E-state index in [2.05, 4.69) is 15.0 Å². The van der Waals surface area contributed by atoms with Crippen molar-refractivity contribution in [3.05, 3.63) is 64.5 Å². The maximum Gasteiger partial charge on any atom is 0.435 e. The van der Waals surface area contributed by atoms with E-state index in [1.807, 2.05) is 0 Å². The Balaban J connectivity index is 1.56. The Labute approximate surface area is 210 Å². The molecule has 1 aromatic carbocycles. The van der Waals surface area contributed by atoms with Gasteiger partial charge in [0.2, 0.25) is 5.91 Å². The normalized spacial score (nSPS) is 21.3. The molecular weight excluding hydrogens is 566 g/mol. The fourth-order valence-corrected chi connectivity index (χ4v) is 4.10. The molecule has 1 saturated heterocycles. The highest BCUT2D eigenvalue weighted by molar-refractivity contribution is 6.01. The van der Waals surface area contributed by atoms with Crippen LogP contribution in [-0.4, -0.2) is 46.9 Å². The first-order chi connectivity index (χ1) is 17.8. The van der Waals surface area contributed by atoms with Gasteiger partial charge in [0.15, 0.2) is 17.3 Å². The van der Waals surface area contributed by atoms with Crippen LogP contribution in [0.5, 0.6) is 0 Å². The summed E-state index contributed by atoms with van der Waals surface area (Å²) in [4.78, 5) is 20.4. The first kappa shape index (κ1) is 28.5. The molecule has 0 N–H and O–H groups in total. The van der Waals surface area contributed by atoms with Crippen molar-refractivity contribution in [3.8, 4) is 0 Å². The zero-order valence-corrected chi connectivity index (χ0v) is 18.9. The van der Waals surface area contributed by atoms with Crippen molar-refractivity contribution in [2.45, 2.75) is 42.6 Å². The van der Waals surface area contributed by atoms with Crippen molar-refractivity contribution in [2.75, 3.05) is 13.1 Å². The van der Waals surface area contributed by atoms with Crippen molar-refractivity contribution in [3.63, 3.8) is 0 Å². The molecule has 39 heavy (non-hydrogen) atoms. The number of likely N-dealkylation sites (tertiary alicyclic amines) is 1. The predicted octanol–water partition coefficient (Wildman–Crippen LogP) is 5.92. The van der Waals surface area contributed by atoms with E-state index >= 15 is 0 Å². The van der Waals surface area contributed by atoms with Gasteiger partial charge >= 0.3 is 18.5 Å². The standard InChI is InChI=1S/C22H13F12N3O2/c23-13-4-11(3-12(17(13)24)21(29,30)31)19(22(32,33)34)5-14(36-39-19)10-1-2-15(35-7-10)18(25)8-37(9-18)16(38)6-20(26,27)28/h1-4,7H,5-6,8-9H2. The number of hydrogen-bond donors (Lipinski definition) is 0. The molecule has 2 aliphatic rings. The van der Waals surface area contributed by atoms with Crippen molar-refractivity contribution >= 4 is 11.6 Å². The molecule has 1 amide bonds. The second-order valence-corrected chi connectivity index (χ2v) is 8.89. The topological polar surface area (TPSA) is 54.8 Å². The molecule has 0 radical (unpaired) electrons. The van der Waals surface area contributed by atoms with E-state index in [1.54, 1.807) is 0 Å². The number of alkyl halides is 10. The fourth-order valence-electron chi connectivity index (χ4n) is 4.10. The minimum absolute atomic E-state index is 0.0901. The van der Waals surface area contributed by atoms with Crippen molar-refractivity contribution in [2.24, 2.45) is 5.16 Å². The number of carbonyl (C=O) groups is 1. The highest BCUT2D eigenvalue weighted by Crippen LogP contribution is 2.50. The largest absolute Gasteiger partial charge is 0.435 e. The molecule has 1 unspecified atom stereocenters. The Hall–Kier alpha value is -3.53. The van der Waals surface area contributed by atoms with Crippen LogP contribution in [0.1, 0.15) is 35.2 Å². The molecule has 5 nitrogen and oxygen atoms in total. The van der Waals surface area contributed by atoms with E-state index < -0.39 is 90.1 Å². The van der Waals surface area contributed by atoms with Gasteiger partial charge in [0.05, 0.1) is 36.5 Å². The number of pyridine rings is 1. The van der Waals surface area contributed by atoms with Crippen LogP contribution in [0.4, 0.5) is 52.7 Å². The predicted molar refractivity (Wildman–Crippen MR) is 106 cm³/mol. The van der Waals surface area contributed by atoms with Gasteiger partial charge in [0.25, 0.3) is 5.60 Å². The number of aromatic nitrogens is 1. The number of rotatable bonds is 4. The molecule has 0 aliphatic carbocycles. The van der Waals surface area contributed by atoms with Gasteiger partial charge in [-0.3, -0.25) is 9.78 Å². The van der Waals surface area contributed by atoms with Crippen molar-refractivity contribution in [1.29, 1.82) is 0 Å². The van der Waals surface area contributed by atoms with E-state index in [4.69, 9.17) is 0 Å². The van der Waals surface area contributed by atoms with Crippen LogP contribution in [0.2, 0.25) is 0 Å². The molecule has 2 aromatic rings. The van der Waals surface area contributed by atoms with E-state index in [0.29, 0.717) is 4.90 Å². The molecule has 0 bridgehead atoms. The molecule has 1 aromatic heterocycles. The Morgan fingerprint density at radius 2 is 1.64 bits per heavy atom. The first-order valence-electron chi connectivity index (χ1n) is 10.6. The lowest BCUT2D eigenvalue weighted by Gasteiger charge is -2.44. The van der Waals surface area contributed by atoms with E-state index in [9.17, 15) is 57.5 Å². The van der Waals surface area contributed by atoms with Crippen LogP contribution < -0.4 is 0 Å². The summed E-state index contributed by atoms with van der Waals surface area (Å²) in [5, 5.41) is 3.25. The second-order valence-electron chi connectivity index (χ2n) is 8.89. The second kappa shape index (κ2) is 9.01. The average molecular weight is 579 g/mol. The van der Waals surface area contributed by atoms with Crippen molar-refractivity contribution < 1.29 is 62.3 Å². The molecule has 3 heterocycles. The summed E-state index contributed by atoms with van der Waals surface area (Å²) in [5.41, 5.74) is -10.8. The first-order valence-corrected chi connectivity index (χ1v) is 10.6. The molecule has 2 aliphatic heterocycles. The number of amides is 1. The van der Waals surface area contributed by atoms with E-state index in [1.165, 1.54) is 0 Å². The number of halogens is 12. The van der Waals surface area contributed by atoms with Gasteiger partial charge in [-0.15, -0.1) is 0 Å². The Bertz CT molecular complexity index is 1310. The maximum absolute atomic E-state index is 15.0. The summed E-state index contributed by atoms with van der Waals surface area (Å²) >= 11 is 0. The fraction of sp³-hybridized carbons (Fsp3) is 0.409. The van der Waals surface area contributed by atoms with Gasteiger partial charge in [0, 0.05) is 17.3 Å². The molecule has 0 saturated carbocycles. The Morgan fingerprint density at radius 1 is 1.00 bits per heavy atom. The number of benzene rings is 1. The minimum atomic E-state index is -5.54. The number of hydrogen-bond acceptors (Lipinski definition) is 4. The third kappa shape index (κ3) is 5.22. The van der Waals surface area contributed by atoms with Crippen LogP contribution in [0.3, 0.4) is 0 Å². The van der Waals surface area contributed by atoms with Crippen LogP contribution in [0.25, 0.3) is 0 Å². The zero-order valence-electron chi connectivity index (χ0n) is 18.9. The molecule has 0 spiro atoms. The molecule has 212 valence electrons. The van der Waals surface area contributed by atoms with Gasteiger partial charge in [-0.1, -0.05) is 5.16 Å². The zero-order chi connectivity index (χ0) is 29.2. The van der Waals surface area contributed by atoms with Crippen molar-refractivity contribution in [1.82, 2.24) is 9.88 Å². The lowest BCUT2D eigenvalue weighted by molar-refractivity contribution is -0.276. The third-order valence-electron chi connectivity index (χ3n) is 6.13. The molecular formula is C22H13F12N3O2. The van der Waals surface area contributed by atoms with Gasteiger partial charge in [-0.05, 0) is 24.3 Å². The lowest BCUT2D eigenvalue weighted by atomic mass is 9.85. The SMILES string of the molecule is O=C(CC(F)(F)F)N1CC(F)(c2ccc(C3=NOC(c4cc(F)c(F)c(C(F)(F)F)c4)(C(F)(F)F)C3)cn2)C1. The third-order valence-corrected chi connectivity index (χ3v) is 6.13. The molecule has 4 rings (SSSR count). The maximum atomic E-state index is 15.0. The summed E-state index contributed by atoms with van der Waals surface area (Å²) in [7, 11) is 0. The highest BCUT2D eigenvalue weighted by atomic mass is 19.4. The van der Waals surface area contributed by atoms with Gasteiger partial charge < -0.3 is 9.74 Å². The Morgan fingerprint density at radius 3 is 2.15 bits per heavy atom. The monoisotopic (exact) mass is 579 g/mol. The molecule has 1 atom stereocenters. The summed E-state index contributed by atoms with van der Waals surface area (Å²) in [6, 6.07) is 1.66.